The maximum atomic E-state index is 14.3. The fourth-order valence-corrected chi connectivity index (χ4v) is 4.21. The summed E-state index contributed by atoms with van der Waals surface area (Å²) in [4.78, 5) is 4.88. The Morgan fingerprint density at radius 3 is 1.88 bits per heavy atom. The lowest BCUT2D eigenvalue weighted by Crippen LogP contribution is -2.05. The van der Waals surface area contributed by atoms with Gasteiger partial charge in [0.15, 0.2) is 0 Å². The summed E-state index contributed by atoms with van der Waals surface area (Å²) in [7, 11) is 0. The number of rotatable bonds is 7. The SMILES string of the molecule is Cc1cc(CCc2cc(F)cc(CCc3ccc(F)cc3)c2)nc(-n2c(C)ccc2C)c1. The molecule has 0 fully saturated rings. The summed E-state index contributed by atoms with van der Waals surface area (Å²) in [5.41, 5.74) is 7.45. The second-order valence-corrected chi connectivity index (χ2v) is 8.54. The fraction of sp³-hybridized carbons (Fsp3) is 0.250. The van der Waals surface area contributed by atoms with Gasteiger partial charge in [0.2, 0.25) is 0 Å². The quantitative estimate of drug-likeness (QED) is 0.321. The zero-order valence-corrected chi connectivity index (χ0v) is 18.8. The van der Waals surface area contributed by atoms with Crippen molar-refractivity contribution in [2.75, 3.05) is 0 Å². The third kappa shape index (κ3) is 5.31. The molecular weight excluding hydrogens is 402 g/mol. The molecule has 2 aromatic carbocycles. The van der Waals surface area contributed by atoms with Gasteiger partial charge in [0.1, 0.15) is 17.5 Å². The molecule has 0 unspecified atom stereocenters. The zero-order chi connectivity index (χ0) is 22.7. The Morgan fingerprint density at radius 1 is 0.625 bits per heavy atom. The summed E-state index contributed by atoms with van der Waals surface area (Å²) in [5.74, 6) is 0.476. The van der Waals surface area contributed by atoms with Crippen molar-refractivity contribution in [3.8, 4) is 5.82 Å². The van der Waals surface area contributed by atoms with Crippen molar-refractivity contribution in [3.63, 3.8) is 0 Å². The Hall–Kier alpha value is -3.27. The van der Waals surface area contributed by atoms with E-state index in [4.69, 9.17) is 4.98 Å². The van der Waals surface area contributed by atoms with Gasteiger partial charge in [-0.15, -0.1) is 0 Å². The van der Waals surface area contributed by atoms with Crippen LogP contribution in [0.4, 0.5) is 8.78 Å². The van der Waals surface area contributed by atoms with Crippen molar-refractivity contribution < 1.29 is 8.78 Å². The van der Waals surface area contributed by atoms with Crippen molar-refractivity contribution in [1.82, 2.24) is 9.55 Å². The molecule has 4 aromatic rings. The second-order valence-electron chi connectivity index (χ2n) is 8.54. The van der Waals surface area contributed by atoms with Gasteiger partial charge in [-0.2, -0.15) is 0 Å². The van der Waals surface area contributed by atoms with Crippen LogP contribution in [0.1, 0.15) is 39.3 Å². The number of pyridine rings is 1. The Kier molecular flexibility index (Phi) is 6.50. The Morgan fingerprint density at radius 2 is 1.22 bits per heavy atom. The summed E-state index contributed by atoms with van der Waals surface area (Å²) in [6, 6.07) is 20.2. The van der Waals surface area contributed by atoms with Crippen LogP contribution >= 0.6 is 0 Å². The van der Waals surface area contributed by atoms with Crippen molar-refractivity contribution in [2.24, 2.45) is 0 Å². The van der Waals surface area contributed by atoms with E-state index in [0.717, 1.165) is 70.8 Å². The maximum absolute atomic E-state index is 14.3. The smallest absolute Gasteiger partial charge is 0.137 e. The number of benzene rings is 2. The molecule has 2 heterocycles. The van der Waals surface area contributed by atoms with Crippen LogP contribution in [0.15, 0.2) is 66.7 Å². The van der Waals surface area contributed by atoms with Crippen LogP contribution in [-0.4, -0.2) is 9.55 Å². The molecule has 0 N–H and O–H groups in total. The normalized spacial score (nSPS) is 11.2. The van der Waals surface area contributed by atoms with Crippen LogP contribution < -0.4 is 0 Å². The van der Waals surface area contributed by atoms with E-state index in [9.17, 15) is 8.78 Å². The van der Waals surface area contributed by atoms with Crippen molar-refractivity contribution in [1.29, 1.82) is 0 Å². The van der Waals surface area contributed by atoms with Gasteiger partial charge in [0.25, 0.3) is 0 Å². The number of hydrogen-bond acceptors (Lipinski definition) is 1. The van der Waals surface area contributed by atoms with Crippen molar-refractivity contribution >= 4 is 0 Å². The number of aromatic nitrogens is 2. The van der Waals surface area contributed by atoms with Crippen molar-refractivity contribution in [2.45, 2.75) is 46.5 Å². The highest BCUT2D eigenvalue weighted by Crippen LogP contribution is 2.19. The zero-order valence-electron chi connectivity index (χ0n) is 18.8. The summed E-state index contributed by atoms with van der Waals surface area (Å²) in [5, 5.41) is 0. The van der Waals surface area contributed by atoms with Gasteiger partial charge in [-0.1, -0.05) is 18.2 Å². The Labute approximate surface area is 188 Å². The summed E-state index contributed by atoms with van der Waals surface area (Å²) >= 11 is 0. The van der Waals surface area contributed by atoms with E-state index in [1.54, 1.807) is 24.3 Å². The van der Waals surface area contributed by atoms with Crippen LogP contribution in [0.2, 0.25) is 0 Å². The summed E-state index contributed by atoms with van der Waals surface area (Å²) < 4.78 is 29.5. The van der Waals surface area contributed by atoms with E-state index in [1.165, 1.54) is 12.1 Å². The second kappa shape index (κ2) is 9.47. The van der Waals surface area contributed by atoms with Gasteiger partial charge in [0, 0.05) is 17.1 Å². The third-order valence-corrected chi connectivity index (χ3v) is 5.81. The van der Waals surface area contributed by atoms with E-state index >= 15 is 0 Å². The van der Waals surface area contributed by atoms with Crippen molar-refractivity contribution in [3.05, 3.63) is 118 Å². The molecule has 0 aliphatic heterocycles. The lowest BCUT2D eigenvalue weighted by Gasteiger charge is -2.12. The molecule has 0 aliphatic carbocycles. The predicted molar refractivity (Wildman–Crippen MR) is 125 cm³/mol. The lowest BCUT2D eigenvalue weighted by molar-refractivity contribution is 0.622. The number of nitrogens with zero attached hydrogens (tertiary/aromatic N) is 2. The molecule has 0 amide bonds. The third-order valence-electron chi connectivity index (χ3n) is 5.81. The van der Waals surface area contributed by atoms with Gasteiger partial charge >= 0.3 is 0 Å². The molecular formula is C28H28F2N2. The van der Waals surface area contributed by atoms with E-state index in [-0.39, 0.29) is 11.6 Å². The molecule has 2 aromatic heterocycles. The first-order valence-electron chi connectivity index (χ1n) is 11.0. The van der Waals surface area contributed by atoms with Crippen LogP contribution in [0.5, 0.6) is 0 Å². The van der Waals surface area contributed by atoms with E-state index in [2.05, 4.69) is 55.7 Å². The number of aryl methyl sites for hydroxylation is 7. The van der Waals surface area contributed by atoms with Crippen LogP contribution in [0.25, 0.3) is 5.82 Å². The molecule has 0 atom stereocenters. The van der Waals surface area contributed by atoms with Gasteiger partial charge in [-0.05, 0) is 117 Å². The first-order chi connectivity index (χ1) is 15.4. The molecule has 4 rings (SSSR count). The number of halogens is 2. The maximum Gasteiger partial charge on any atom is 0.137 e. The minimum Gasteiger partial charge on any atom is -0.303 e. The average Bonchev–Trinajstić information content (AvgIpc) is 3.09. The molecule has 2 nitrogen and oxygen atoms in total. The first kappa shape index (κ1) is 21.9. The van der Waals surface area contributed by atoms with Crippen LogP contribution in [0.3, 0.4) is 0 Å². The standard InChI is InChI=1S/C28H28F2N2/c1-19-14-27(31-28(15-19)32-20(2)4-5-21(32)3)13-10-24-16-23(17-26(30)18-24)7-6-22-8-11-25(29)12-9-22/h4-5,8-9,11-12,14-18H,6-7,10,13H2,1-3H3. The largest absolute Gasteiger partial charge is 0.303 e. The highest BCUT2D eigenvalue weighted by Gasteiger charge is 2.09. The molecule has 0 saturated carbocycles. The van der Waals surface area contributed by atoms with Gasteiger partial charge in [-0.3, -0.25) is 0 Å². The summed E-state index contributed by atoms with van der Waals surface area (Å²) in [6.45, 7) is 6.24. The van der Waals surface area contributed by atoms with Crippen LogP contribution in [-0.2, 0) is 25.7 Å². The highest BCUT2D eigenvalue weighted by atomic mass is 19.1. The fourth-order valence-electron chi connectivity index (χ4n) is 4.21. The number of hydrogen-bond donors (Lipinski definition) is 0. The minimum absolute atomic E-state index is 0.215. The molecule has 0 radical (unpaired) electrons. The molecule has 0 aliphatic rings. The molecule has 4 heteroatoms. The molecule has 0 bridgehead atoms. The molecule has 32 heavy (non-hydrogen) atoms. The summed E-state index contributed by atoms with van der Waals surface area (Å²) in [6.07, 6.45) is 2.94. The highest BCUT2D eigenvalue weighted by molar-refractivity contribution is 5.36. The van der Waals surface area contributed by atoms with E-state index < -0.39 is 0 Å². The Bertz CT molecular complexity index is 1200. The predicted octanol–water partition coefficient (Wildman–Crippen LogP) is 6.65. The van der Waals surface area contributed by atoms with E-state index in [0.29, 0.717) is 0 Å². The molecule has 0 spiro atoms. The van der Waals surface area contributed by atoms with Gasteiger partial charge in [-0.25, -0.2) is 13.8 Å². The van der Waals surface area contributed by atoms with Gasteiger partial charge in [0.05, 0.1) is 0 Å². The van der Waals surface area contributed by atoms with Crippen LogP contribution in [0, 0.1) is 32.4 Å². The topological polar surface area (TPSA) is 17.8 Å². The van der Waals surface area contributed by atoms with Gasteiger partial charge < -0.3 is 4.57 Å². The average molecular weight is 431 g/mol. The molecule has 0 saturated heterocycles. The first-order valence-corrected chi connectivity index (χ1v) is 11.0. The Balaban J connectivity index is 1.47. The lowest BCUT2D eigenvalue weighted by atomic mass is 10.00. The van der Waals surface area contributed by atoms with E-state index in [1.807, 2.05) is 0 Å². The monoisotopic (exact) mass is 430 g/mol. The minimum atomic E-state index is -0.239. The molecule has 164 valence electrons.